The molecule has 0 aliphatic rings. The van der Waals surface area contributed by atoms with Gasteiger partial charge in [0.05, 0.1) is 11.6 Å². The molecule has 82 valence electrons. The minimum atomic E-state index is -0.953. The van der Waals surface area contributed by atoms with Crippen LogP contribution in [0.4, 0.5) is 5.69 Å². The highest BCUT2D eigenvalue weighted by Crippen LogP contribution is 2.13. The van der Waals surface area contributed by atoms with Crippen molar-refractivity contribution in [3.8, 4) is 0 Å². The van der Waals surface area contributed by atoms with Gasteiger partial charge in [-0.05, 0) is 6.07 Å². The summed E-state index contributed by atoms with van der Waals surface area (Å²) in [5.74, 6) is -1.81. The van der Waals surface area contributed by atoms with Gasteiger partial charge in [-0.25, -0.2) is 0 Å². The molecule has 2 N–H and O–H groups in total. The normalized spacial score (nSPS) is 12.1. The number of hydrogen-bond donors (Lipinski definition) is 2. The molecule has 1 heterocycles. The zero-order valence-corrected chi connectivity index (χ0v) is 8.73. The van der Waals surface area contributed by atoms with Crippen LogP contribution in [0.25, 0.3) is 0 Å². The fraction of sp³-hybridized carbons (Fsp3) is 0.400. The molecule has 15 heavy (non-hydrogen) atoms. The third kappa shape index (κ3) is 2.83. The zero-order valence-electron chi connectivity index (χ0n) is 8.73. The van der Waals surface area contributed by atoms with Crippen LogP contribution in [-0.2, 0) is 9.59 Å². The number of anilines is 1. The maximum atomic E-state index is 11.6. The first-order valence-electron chi connectivity index (χ1n) is 4.64. The van der Waals surface area contributed by atoms with Crippen molar-refractivity contribution >= 4 is 17.6 Å². The van der Waals surface area contributed by atoms with E-state index in [9.17, 15) is 9.59 Å². The van der Waals surface area contributed by atoms with Gasteiger partial charge in [-0.3, -0.25) is 9.59 Å². The highest BCUT2D eigenvalue weighted by molar-refractivity contribution is 5.94. The molecule has 0 aliphatic heterocycles. The van der Waals surface area contributed by atoms with Gasteiger partial charge in [-0.1, -0.05) is 6.92 Å². The van der Waals surface area contributed by atoms with Crippen molar-refractivity contribution in [3.63, 3.8) is 0 Å². The highest BCUT2D eigenvalue weighted by Gasteiger charge is 2.19. The van der Waals surface area contributed by atoms with E-state index in [0.29, 0.717) is 0 Å². The molecule has 0 aromatic carbocycles. The number of carboxylic acid groups (broad SMARTS) is 1. The molecule has 1 aromatic rings. The number of aromatic nitrogens is 1. The number of nitrogens with zero attached hydrogens (tertiary/aromatic N) is 1. The molecule has 0 fully saturated rings. The molecule has 0 saturated heterocycles. The Hall–Kier alpha value is -1.78. The number of hydrogen-bond acceptors (Lipinski definition) is 2. The second-order valence-electron chi connectivity index (χ2n) is 3.47. The van der Waals surface area contributed by atoms with Crippen LogP contribution in [0.5, 0.6) is 0 Å². The number of H-pyrrole nitrogens is 1. The number of carboxylic acids is 1. The maximum absolute atomic E-state index is 11.6. The van der Waals surface area contributed by atoms with Crippen molar-refractivity contribution < 1.29 is 14.7 Å². The second-order valence-corrected chi connectivity index (χ2v) is 3.47. The largest absolute Gasteiger partial charge is 0.481 e. The van der Waals surface area contributed by atoms with Crippen LogP contribution in [0.2, 0.25) is 0 Å². The van der Waals surface area contributed by atoms with Crippen LogP contribution >= 0.6 is 0 Å². The van der Waals surface area contributed by atoms with Crippen LogP contribution in [0.3, 0.4) is 0 Å². The average Bonchev–Trinajstić information content (AvgIpc) is 2.68. The zero-order chi connectivity index (χ0) is 11.4. The predicted octanol–water partition coefficient (Wildman–Crippen LogP) is 1.09. The number of nitrogens with one attached hydrogen (secondary N) is 1. The second kappa shape index (κ2) is 4.63. The van der Waals surface area contributed by atoms with Gasteiger partial charge < -0.3 is 15.0 Å². The topological polar surface area (TPSA) is 73.4 Å². The lowest BCUT2D eigenvalue weighted by atomic mass is 10.1. The van der Waals surface area contributed by atoms with E-state index in [1.165, 1.54) is 11.8 Å². The van der Waals surface area contributed by atoms with Gasteiger partial charge >= 0.3 is 5.97 Å². The van der Waals surface area contributed by atoms with Gasteiger partial charge in [0.15, 0.2) is 0 Å². The third-order valence-electron chi connectivity index (χ3n) is 2.25. The monoisotopic (exact) mass is 210 g/mol. The Bertz CT molecular complexity index is 346. The van der Waals surface area contributed by atoms with E-state index in [0.717, 1.165) is 5.69 Å². The first-order valence-corrected chi connectivity index (χ1v) is 4.64. The number of aromatic amines is 1. The fourth-order valence-corrected chi connectivity index (χ4v) is 1.15. The summed E-state index contributed by atoms with van der Waals surface area (Å²) in [5, 5.41) is 8.67. The minimum absolute atomic E-state index is 0.0109. The quantitative estimate of drug-likeness (QED) is 0.781. The average molecular weight is 210 g/mol. The molecule has 1 amide bonds. The number of amides is 1. The Morgan fingerprint density at radius 3 is 2.73 bits per heavy atom. The van der Waals surface area contributed by atoms with E-state index in [1.54, 1.807) is 25.5 Å². The molecule has 0 aliphatic carbocycles. The summed E-state index contributed by atoms with van der Waals surface area (Å²) in [6.07, 6.45) is 3.40. The Balaban J connectivity index is 2.58. The van der Waals surface area contributed by atoms with E-state index in [4.69, 9.17) is 5.11 Å². The van der Waals surface area contributed by atoms with Crippen LogP contribution < -0.4 is 4.90 Å². The number of aliphatic carboxylic acids is 1. The summed E-state index contributed by atoms with van der Waals surface area (Å²) in [7, 11) is 1.63. The summed E-state index contributed by atoms with van der Waals surface area (Å²) in [6, 6.07) is 1.75. The highest BCUT2D eigenvalue weighted by atomic mass is 16.4. The van der Waals surface area contributed by atoms with E-state index < -0.39 is 11.9 Å². The number of rotatable bonds is 4. The number of carbonyl (C=O) groups excluding carboxylic acids is 1. The lowest BCUT2D eigenvalue weighted by Gasteiger charge is -2.16. The molecule has 0 spiro atoms. The van der Waals surface area contributed by atoms with Crippen molar-refractivity contribution in [1.82, 2.24) is 4.98 Å². The molecule has 0 bridgehead atoms. The molecule has 5 heteroatoms. The summed E-state index contributed by atoms with van der Waals surface area (Å²) >= 11 is 0. The van der Waals surface area contributed by atoms with Crippen LogP contribution in [0.15, 0.2) is 18.5 Å². The fourth-order valence-electron chi connectivity index (χ4n) is 1.15. The van der Waals surface area contributed by atoms with E-state index in [-0.39, 0.29) is 12.3 Å². The van der Waals surface area contributed by atoms with Gasteiger partial charge in [0.25, 0.3) is 0 Å². The van der Waals surface area contributed by atoms with Crippen LogP contribution in [-0.4, -0.2) is 29.0 Å². The smallest absolute Gasteiger partial charge is 0.306 e. The van der Waals surface area contributed by atoms with Gasteiger partial charge in [0, 0.05) is 25.9 Å². The number of carbonyl (C=O) groups is 2. The standard InChI is InChI=1S/C10H14N2O3/c1-7(10(14)15)5-9(13)12(2)8-3-4-11-6-8/h3-4,6-7,11H,5H2,1-2H3,(H,14,15). The molecule has 5 nitrogen and oxygen atoms in total. The Kier molecular flexibility index (Phi) is 3.49. The Labute approximate surface area is 87.7 Å². The van der Waals surface area contributed by atoms with E-state index in [2.05, 4.69) is 4.98 Å². The summed E-state index contributed by atoms with van der Waals surface area (Å²) in [4.78, 5) is 26.4. The summed E-state index contributed by atoms with van der Waals surface area (Å²) in [5.41, 5.74) is 0.734. The Morgan fingerprint density at radius 1 is 1.60 bits per heavy atom. The van der Waals surface area contributed by atoms with Crippen molar-refractivity contribution in [2.75, 3.05) is 11.9 Å². The summed E-state index contributed by atoms with van der Waals surface area (Å²) in [6.45, 7) is 1.52. The predicted molar refractivity (Wildman–Crippen MR) is 55.6 cm³/mol. The van der Waals surface area contributed by atoms with Gasteiger partial charge in [-0.15, -0.1) is 0 Å². The molecule has 0 radical (unpaired) electrons. The minimum Gasteiger partial charge on any atom is -0.481 e. The van der Waals surface area contributed by atoms with Crippen molar-refractivity contribution in [2.24, 2.45) is 5.92 Å². The molecule has 0 saturated carbocycles. The Morgan fingerprint density at radius 2 is 2.27 bits per heavy atom. The lowest BCUT2D eigenvalue weighted by molar-refractivity contribution is -0.143. The summed E-state index contributed by atoms with van der Waals surface area (Å²) < 4.78 is 0. The van der Waals surface area contributed by atoms with E-state index in [1.807, 2.05) is 0 Å². The van der Waals surface area contributed by atoms with Gasteiger partial charge in [0.2, 0.25) is 5.91 Å². The third-order valence-corrected chi connectivity index (χ3v) is 2.25. The van der Waals surface area contributed by atoms with Crippen molar-refractivity contribution in [1.29, 1.82) is 0 Å². The molecule has 1 atom stereocenters. The lowest BCUT2D eigenvalue weighted by Crippen LogP contribution is -2.29. The molecule has 1 aromatic heterocycles. The molecule has 1 unspecified atom stereocenters. The van der Waals surface area contributed by atoms with Gasteiger partial charge in [0.1, 0.15) is 0 Å². The molecule has 1 rings (SSSR count). The van der Waals surface area contributed by atoms with E-state index >= 15 is 0 Å². The first kappa shape index (κ1) is 11.3. The van der Waals surface area contributed by atoms with Crippen molar-refractivity contribution in [3.05, 3.63) is 18.5 Å². The SMILES string of the molecule is CC(CC(=O)N(C)c1cc[nH]c1)C(=O)O. The maximum Gasteiger partial charge on any atom is 0.306 e. The van der Waals surface area contributed by atoms with Crippen molar-refractivity contribution in [2.45, 2.75) is 13.3 Å². The first-order chi connectivity index (χ1) is 7.02. The van der Waals surface area contributed by atoms with Gasteiger partial charge in [-0.2, -0.15) is 0 Å². The molecular formula is C10H14N2O3. The molecular weight excluding hydrogens is 196 g/mol. The van der Waals surface area contributed by atoms with Crippen LogP contribution in [0, 0.1) is 5.92 Å². The van der Waals surface area contributed by atoms with Crippen LogP contribution in [0.1, 0.15) is 13.3 Å².